The van der Waals surface area contributed by atoms with Crippen molar-refractivity contribution >= 4 is 131 Å². The molecule has 0 aliphatic carbocycles. The van der Waals surface area contributed by atoms with Crippen LogP contribution in [0.4, 0.5) is 5.69 Å². The van der Waals surface area contributed by atoms with Crippen LogP contribution in [0.1, 0.15) is 37.5 Å². The van der Waals surface area contributed by atoms with Crippen LogP contribution in [0.25, 0.3) is 17.8 Å². The van der Waals surface area contributed by atoms with Crippen molar-refractivity contribution in [1.82, 2.24) is 9.55 Å². The summed E-state index contributed by atoms with van der Waals surface area (Å²) in [6.07, 6.45) is 6.28. The first kappa shape index (κ1) is 32.7. The molecule has 3 rings (SSSR count). The van der Waals surface area contributed by atoms with Crippen LogP contribution in [-0.4, -0.2) is 134 Å². The number of anilines is 1. The standard InChI is InChI=1S/C24H27N3O5S.2K.2H/c1-24(2,3)20-15-19(27-13-12-21(28)25-23(27)29)14-17(22(20)32-4)9-6-16-7-10-18(11-8-16)26-33(5,30)31;;;;/h6-15,26H,1-5H3,(H,25,28,29);;;;/b9-6+;;;;. The van der Waals surface area contributed by atoms with Gasteiger partial charge >= 0.3 is 108 Å². The monoisotopic (exact) mass is 549 g/mol. The number of methoxy groups -OCH3 is 1. The van der Waals surface area contributed by atoms with Crippen molar-refractivity contribution in [2.45, 2.75) is 26.2 Å². The van der Waals surface area contributed by atoms with E-state index in [1.165, 1.54) is 16.8 Å². The minimum atomic E-state index is -3.34. The third-order valence-electron chi connectivity index (χ3n) is 4.89. The summed E-state index contributed by atoms with van der Waals surface area (Å²) in [5, 5.41) is 0. The molecule has 1 aromatic heterocycles. The molecule has 11 heteroatoms. The summed E-state index contributed by atoms with van der Waals surface area (Å²) >= 11 is 0. The number of hydrogen-bond acceptors (Lipinski definition) is 5. The maximum atomic E-state index is 12.4. The Bertz CT molecular complexity index is 1420. The van der Waals surface area contributed by atoms with E-state index < -0.39 is 21.3 Å². The molecule has 0 bridgehead atoms. The number of benzene rings is 2. The quantitative estimate of drug-likeness (QED) is 0.361. The van der Waals surface area contributed by atoms with Crippen molar-refractivity contribution in [3.05, 3.63) is 86.2 Å². The van der Waals surface area contributed by atoms with E-state index in [-0.39, 0.29) is 108 Å². The fourth-order valence-corrected chi connectivity index (χ4v) is 3.93. The molecule has 0 unspecified atom stereocenters. The molecule has 0 atom stereocenters. The Labute approximate surface area is 290 Å². The van der Waals surface area contributed by atoms with Gasteiger partial charge in [0, 0.05) is 29.1 Å². The summed E-state index contributed by atoms with van der Waals surface area (Å²) < 4.78 is 32.3. The van der Waals surface area contributed by atoms with Crippen LogP contribution < -0.4 is 20.7 Å². The van der Waals surface area contributed by atoms with Crippen LogP contribution in [0.5, 0.6) is 5.75 Å². The van der Waals surface area contributed by atoms with Crippen LogP contribution in [0, 0.1) is 0 Å². The van der Waals surface area contributed by atoms with Crippen LogP contribution in [0.2, 0.25) is 0 Å². The van der Waals surface area contributed by atoms with E-state index in [0.29, 0.717) is 17.1 Å². The molecule has 0 radical (unpaired) electrons. The second-order valence-corrected chi connectivity index (χ2v) is 10.4. The number of H-pyrrole nitrogens is 1. The first-order valence-corrected chi connectivity index (χ1v) is 12.1. The van der Waals surface area contributed by atoms with Crippen LogP contribution in [-0.2, 0) is 15.4 Å². The third-order valence-corrected chi connectivity index (χ3v) is 5.49. The Morgan fingerprint density at radius 3 is 2.14 bits per heavy atom. The second kappa shape index (κ2) is 13.5. The zero-order valence-electron chi connectivity index (χ0n) is 19.2. The van der Waals surface area contributed by atoms with Gasteiger partial charge in [-0.05, 0) is 35.2 Å². The van der Waals surface area contributed by atoms with Crippen molar-refractivity contribution in [3.8, 4) is 11.4 Å². The number of hydrogen-bond donors (Lipinski definition) is 2. The third kappa shape index (κ3) is 9.18. The molecule has 3 aromatic rings. The number of aromatic nitrogens is 2. The molecule has 1 heterocycles. The van der Waals surface area contributed by atoms with Gasteiger partial charge in [0.15, 0.2) is 0 Å². The molecule has 0 aliphatic heterocycles. The number of rotatable bonds is 6. The molecule has 0 saturated carbocycles. The molecule has 0 fully saturated rings. The van der Waals surface area contributed by atoms with Crippen molar-refractivity contribution in [2.75, 3.05) is 18.1 Å². The van der Waals surface area contributed by atoms with E-state index in [4.69, 9.17) is 4.74 Å². The second-order valence-electron chi connectivity index (χ2n) is 8.68. The molecule has 35 heavy (non-hydrogen) atoms. The maximum absolute atomic E-state index is 12.4. The SMILES string of the molecule is COc1c(/C=C/c2ccc(NS(C)(=O)=O)cc2)cc(-n2ccc(=O)[nH]c2=O)cc1C(C)(C)C.[KH].[KH]. The first-order chi connectivity index (χ1) is 15.4. The van der Waals surface area contributed by atoms with Crippen molar-refractivity contribution in [3.63, 3.8) is 0 Å². The Kier molecular flexibility index (Phi) is 12.6. The van der Waals surface area contributed by atoms with Gasteiger partial charge in [-0.3, -0.25) is 19.1 Å². The number of sulfonamides is 1. The molecule has 0 spiro atoms. The predicted octanol–water partition coefficient (Wildman–Crippen LogP) is 2.08. The summed E-state index contributed by atoms with van der Waals surface area (Å²) in [4.78, 5) is 26.2. The topological polar surface area (TPSA) is 110 Å². The summed E-state index contributed by atoms with van der Waals surface area (Å²) in [7, 11) is -1.75. The van der Waals surface area contributed by atoms with Gasteiger partial charge in [-0.25, -0.2) is 13.2 Å². The molecule has 178 valence electrons. The Morgan fingerprint density at radius 2 is 1.63 bits per heavy atom. The zero-order chi connectivity index (χ0) is 24.4. The van der Waals surface area contributed by atoms with Crippen LogP contribution in [0.3, 0.4) is 0 Å². The van der Waals surface area contributed by atoms with E-state index in [9.17, 15) is 18.0 Å². The first-order valence-electron chi connectivity index (χ1n) is 10.2. The summed E-state index contributed by atoms with van der Waals surface area (Å²) in [5.41, 5.74) is 2.28. The number of aromatic amines is 1. The average Bonchev–Trinajstić information content (AvgIpc) is 2.71. The Hall–Kier alpha value is -0.317. The fourth-order valence-electron chi connectivity index (χ4n) is 3.37. The molecule has 0 aliphatic rings. The Balaban J connectivity index is 0.00000306. The molecular formula is C24H29K2N3O5S. The molecule has 0 saturated heterocycles. The van der Waals surface area contributed by atoms with Gasteiger partial charge in [-0.15, -0.1) is 0 Å². The van der Waals surface area contributed by atoms with Gasteiger partial charge in [-0.1, -0.05) is 45.1 Å². The van der Waals surface area contributed by atoms with Crippen molar-refractivity contribution < 1.29 is 13.2 Å². The molecule has 8 nitrogen and oxygen atoms in total. The molecule has 2 N–H and O–H groups in total. The van der Waals surface area contributed by atoms with E-state index in [0.717, 1.165) is 22.9 Å². The van der Waals surface area contributed by atoms with E-state index in [2.05, 4.69) is 9.71 Å². The summed E-state index contributed by atoms with van der Waals surface area (Å²) in [5.74, 6) is 0.676. The van der Waals surface area contributed by atoms with Gasteiger partial charge in [0.25, 0.3) is 5.56 Å². The minimum absolute atomic E-state index is 0. The van der Waals surface area contributed by atoms with Crippen molar-refractivity contribution in [1.29, 1.82) is 0 Å². The van der Waals surface area contributed by atoms with Gasteiger partial charge < -0.3 is 4.74 Å². The van der Waals surface area contributed by atoms with Gasteiger partial charge in [-0.2, -0.15) is 0 Å². The van der Waals surface area contributed by atoms with Gasteiger partial charge in [0.1, 0.15) is 5.75 Å². The number of nitrogens with one attached hydrogen (secondary N) is 2. The number of ether oxygens (including phenoxy) is 1. The zero-order valence-corrected chi connectivity index (χ0v) is 20.0. The van der Waals surface area contributed by atoms with Gasteiger partial charge in [0.2, 0.25) is 10.0 Å². The van der Waals surface area contributed by atoms with E-state index in [1.807, 2.05) is 45.1 Å². The summed E-state index contributed by atoms with van der Waals surface area (Å²) in [6.45, 7) is 6.14. The van der Waals surface area contributed by atoms with Gasteiger partial charge in [0.05, 0.1) is 19.1 Å². The molecule has 2 aromatic carbocycles. The van der Waals surface area contributed by atoms with E-state index in [1.54, 1.807) is 31.4 Å². The predicted molar refractivity (Wildman–Crippen MR) is 146 cm³/mol. The van der Waals surface area contributed by atoms with Crippen LogP contribution >= 0.6 is 0 Å². The van der Waals surface area contributed by atoms with Crippen molar-refractivity contribution in [2.24, 2.45) is 0 Å². The average molecular weight is 550 g/mol. The molecule has 0 amide bonds. The summed E-state index contributed by atoms with van der Waals surface area (Å²) in [6, 6.07) is 11.9. The van der Waals surface area contributed by atoms with Crippen LogP contribution in [0.15, 0.2) is 58.3 Å². The normalized spacial score (nSPS) is 11.5. The fraction of sp³-hybridized carbons (Fsp3) is 0.250. The van der Waals surface area contributed by atoms with E-state index >= 15 is 0 Å². The Morgan fingerprint density at radius 1 is 1.00 bits per heavy atom. The number of nitrogens with zero attached hydrogens (tertiary/aromatic N) is 1. The molecular weight excluding hydrogens is 521 g/mol.